The van der Waals surface area contributed by atoms with Crippen LogP contribution < -0.4 is 15.2 Å². The van der Waals surface area contributed by atoms with E-state index >= 15 is 0 Å². The monoisotopic (exact) mass is 424 g/mol. The molecule has 1 saturated heterocycles. The third kappa shape index (κ3) is 5.89. The second kappa shape index (κ2) is 9.53. The number of nitrogens with one attached hydrogen (secondary N) is 1. The van der Waals surface area contributed by atoms with E-state index in [0.29, 0.717) is 11.4 Å². The first-order valence-corrected chi connectivity index (χ1v) is 9.39. The Kier molecular flexibility index (Phi) is 7.33. The third-order valence-electron chi connectivity index (χ3n) is 4.33. The number of hydrogen-bond acceptors (Lipinski definition) is 6. The van der Waals surface area contributed by atoms with Crippen molar-refractivity contribution in [2.45, 2.75) is 32.4 Å². The lowest BCUT2D eigenvalue weighted by molar-refractivity contribution is 0.0489. The molecule has 11 nitrogen and oxygen atoms in total. The van der Waals surface area contributed by atoms with Crippen molar-refractivity contribution in [2.75, 3.05) is 38.4 Å². The molecule has 30 heavy (non-hydrogen) atoms. The number of methoxy groups -OCH3 is 1. The summed E-state index contributed by atoms with van der Waals surface area (Å²) in [5.41, 5.74) is 1.99. The molecule has 1 fully saturated rings. The summed E-state index contributed by atoms with van der Waals surface area (Å²) in [6.45, 7) is 4.75. The number of aliphatic hydroxyl groups excluding tert-OH is 1. The van der Waals surface area contributed by atoms with Gasteiger partial charge in [0.2, 0.25) is 0 Å². The zero-order valence-electron chi connectivity index (χ0n) is 17.5. The Morgan fingerprint density at radius 2 is 1.83 bits per heavy atom. The van der Waals surface area contributed by atoms with E-state index in [4.69, 9.17) is 9.47 Å². The summed E-state index contributed by atoms with van der Waals surface area (Å²) in [6.07, 6.45) is -1.96. The molecule has 166 valence electrons. The van der Waals surface area contributed by atoms with Crippen LogP contribution in [0.4, 0.5) is 20.1 Å². The highest BCUT2D eigenvalue weighted by atomic mass is 16.6. The minimum Gasteiger partial charge on any atom is -0.497 e. The smallest absolute Gasteiger partial charge is 0.427 e. The lowest BCUT2D eigenvalue weighted by Gasteiger charge is -2.41. The Morgan fingerprint density at radius 1 is 1.20 bits per heavy atom. The molecule has 1 unspecified atom stereocenters. The highest BCUT2D eigenvalue weighted by molar-refractivity contribution is 5.94. The van der Waals surface area contributed by atoms with Crippen molar-refractivity contribution in [3.63, 3.8) is 0 Å². The van der Waals surface area contributed by atoms with Gasteiger partial charge in [-0.1, -0.05) is 0 Å². The van der Waals surface area contributed by atoms with Gasteiger partial charge in [0.1, 0.15) is 11.4 Å². The number of aliphatic hydroxyl groups is 1. The third-order valence-corrected chi connectivity index (χ3v) is 4.33. The van der Waals surface area contributed by atoms with Crippen LogP contribution in [-0.2, 0) is 4.74 Å². The molecule has 0 saturated carbocycles. The molecule has 4 amide bonds. The van der Waals surface area contributed by atoms with Gasteiger partial charge in [0, 0.05) is 19.6 Å². The van der Waals surface area contributed by atoms with Crippen molar-refractivity contribution in [2.24, 2.45) is 0 Å². The number of urea groups is 1. The van der Waals surface area contributed by atoms with E-state index in [9.17, 15) is 24.6 Å². The summed E-state index contributed by atoms with van der Waals surface area (Å²) in [5.74, 6) is 0.562. The van der Waals surface area contributed by atoms with Crippen molar-refractivity contribution in [1.82, 2.24) is 15.2 Å². The van der Waals surface area contributed by atoms with Crippen LogP contribution in [0.5, 0.6) is 5.75 Å². The van der Waals surface area contributed by atoms with E-state index < -0.39 is 36.5 Å². The number of anilines is 1. The topological polar surface area (TPSA) is 132 Å². The average molecular weight is 424 g/mol. The van der Waals surface area contributed by atoms with Gasteiger partial charge in [0.25, 0.3) is 0 Å². The lowest BCUT2D eigenvalue weighted by Crippen LogP contribution is -2.63. The Labute approximate surface area is 174 Å². The molecular weight excluding hydrogens is 396 g/mol. The van der Waals surface area contributed by atoms with Gasteiger partial charge in [0.15, 0.2) is 0 Å². The lowest BCUT2D eigenvalue weighted by atomic mass is 10.2. The summed E-state index contributed by atoms with van der Waals surface area (Å²) in [6, 6.07) is 5.01. The Bertz CT molecular complexity index is 763. The number of ether oxygens (including phenoxy) is 2. The molecule has 0 aromatic heterocycles. The normalized spacial score (nSPS) is 16.6. The van der Waals surface area contributed by atoms with Crippen molar-refractivity contribution in [1.29, 1.82) is 0 Å². The van der Waals surface area contributed by atoms with E-state index in [0.717, 1.165) is 9.91 Å². The summed E-state index contributed by atoms with van der Waals surface area (Å²) >= 11 is 0. The highest BCUT2D eigenvalue weighted by Crippen LogP contribution is 2.21. The van der Waals surface area contributed by atoms with Crippen LogP contribution in [0.3, 0.4) is 0 Å². The fraction of sp³-hybridized carbons (Fsp3) is 0.526. The summed E-state index contributed by atoms with van der Waals surface area (Å²) < 4.78 is 10.4. The van der Waals surface area contributed by atoms with Gasteiger partial charge < -0.3 is 29.5 Å². The zero-order valence-corrected chi connectivity index (χ0v) is 17.5. The van der Waals surface area contributed by atoms with E-state index in [1.165, 1.54) is 12.0 Å². The molecular formula is C19H28N4O7. The molecule has 1 aromatic rings. The van der Waals surface area contributed by atoms with Gasteiger partial charge in [-0.05, 0) is 45.0 Å². The molecule has 0 aliphatic carbocycles. The molecule has 3 N–H and O–H groups in total. The predicted molar refractivity (Wildman–Crippen MR) is 107 cm³/mol. The van der Waals surface area contributed by atoms with Crippen LogP contribution in [0.25, 0.3) is 0 Å². The van der Waals surface area contributed by atoms with Crippen LogP contribution in [0.15, 0.2) is 24.3 Å². The number of hydrazine groups is 1. The molecule has 0 spiro atoms. The molecule has 0 bridgehead atoms. The second-order valence-corrected chi connectivity index (χ2v) is 7.69. The number of nitrogens with zero attached hydrogens (tertiary/aromatic N) is 3. The molecule has 1 heterocycles. The summed E-state index contributed by atoms with van der Waals surface area (Å²) in [7, 11) is 1.50. The number of carboxylic acid groups (broad SMARTS) is 1. The molecule has 11 heteroatoms. The maximum atomic E-state index is 13.3. The van der Waals surface area contributed by atoms with E-state index in [1.807, 2.05) is 0 Å². The molecule has 1 aliphatic heterocycles. The molecule has 1 atom stereocenters. The van der Waals surface area contributed by atoms with Crippen LogP contribution in [0.2, 0.25) is 0 Å². The second-order valence-electron chi connectivity index (χ2n) is 7.69. The van der Waals surface area contributed by atoms with Gasteiger partial charge in [-0.2, -0.15) is 5.01 Å². The van der Waals surface area contributed by atoms with Crippen LogP contribution >= 0.6 is 0 Å². The molecule has 1 aliphatic rings. The maximum absolute atomic E-state index is 13.3. The van der Waals surface area contributed by atoms with Crippen LogP contribution in [0.1, 0.15) is 20.8 Å². The summed E-state index contributed by atoms with van der Waals surface area (Å²) in [4.78, 5) is 39.3. The van der Waals surface area contributed by atoms with Gasteiger partial charge in [-0.25, -0.2) is 19.8 Å². The quantitative estimate of drug-likeness (QED) is 0.630. The number of piperazine rings is 1. The van der Waals surface area contributed by atoms with Crippen molar-refractivity contribution in [3.8, 4) is 5.75 Å². The van der Waals surface area contributed by atoms with E-state index in [2.05, 4.69) is 5.43 Å². The Morgan fingerprint density at radius 3 is 2.33 bits per heavy atom. The van der Waals surface area contributed by atoms with Crippen LogP contribution in [-0.4, -0.2) is 83.2 Å². The first-order chi connectivity index (χ1) is 14.1. The number of carbonyl (C=O) groups is 3. The van der Waals surface area contributed by atoms with Crippen molar-refractivity contribution < 1.29 is 34.1 Å². The van der Waals surface area contributed by atoms with E-state index in [1.54, 1.807) is 45.0 Å². The minimum atomic E-state index is -1.13. The first-order valence-electron chi connectivity index (χ1n) is 9.39. The zero-order chi connectivity index (χ0) is 22.5. The Hall–Kier alpha value is -3.21. The largest absolute Gasteiger partial charge is 0.497 e. The first kappa shape index (κ1) is 23.1. The Balaban J connectivity index is 2.28. The van der Waals surface area contributed by atoms with Crippen molar-refractivity contribution >= 4 is 23.9 Å². The number of rotatable bonds is 3. The highest BCUT2D eigenvalue weighted by Gasteiger charge is 2.36. The fourth-order valence-electron chi connectivity index (χ4n) is 2.91. The van der Waals surface area contributed by atoms with Crippen LogP contribution in [0, 0.1) is 0 Å². The van der Waals surface area contributed by atoms with Gasteiger partial charge >= 0.3 is 18.2 Å². The average Bonchev–Trinajstić information content (AvgIpc) is 2.69. The minimum absolute atomic E-state index is 0.0412. The number of amides is 4. The molecule has 2 rings (SSSR count). The number of carbonyl (C=O) groups excluding carboxylic acids is 2. The predicted octanol–water partition coefficient (Wildman–Crippen LogP) is 1.72. The van der Waals surface area contributed by atoms with Gasteiger partial charge in [-0.15, -0.1) is 0 Å². The molecule has 1 aromatic carbocycles. The van der Waals surface area contributed by atoms with Crippen molar-refractivity contribution in [3.05, 3.63) is 24.3 Å². The number of hydrogen-bond donors (Lipinski definition) is 3. The fourth-order valence-corrected chi connectivity index (χ4v) is 2.91. The van der Waals surface area contributed by atoms with Gasteiger partial charge in [0.05, 0.1) is 25.4 Å². The maximum Gasteiger partial charge on any atom is 0.427 e. The van der Waals surface area contributed by atoms with E-state index in [-0.39, 0.29) is 19.6 Å². The summed E-state index contributed by atoms with van der Waals surface area (Å²) in [5, 5.41) is 19.9. The molecule has 0 radical (unpaired) electrons. The number of benzene rings is 1. The standard InChI is InChI=1S/C19H28N4O7/c1-19(2,3)30-16(25)20-23(13-5-7-15(29-4)8-6-13)17(26)22-10-9-21(18(27)28)11-14(22)12-24/h5-8,14,24H,9-12H2,1-4H3,(H,20,25)(H,27,28). The SMILES string of the molecule is COc1ccc(N(NC(=O)OC(C)(C)C)C(=O)N2CCN(C(=O)O)CC2CO)cc1. The van der Waals surface area contributed by atoms with Gasteiger partial charge in [-0.3, -0.25) is 0 Å².